The molecule has 1 N–H and O–H groups in total. The summed E-state index contributed by atoms with van der Waals surface area (Å²) in [6.45, 7) is 3.35. The molecule has 8 heteroatoms. The van der Waals surface area contributed by atoms with Gasteiger partial charge in [0.15, 0.2) is 5.58 Å². The third-order valence-electron chi connectivity index (χ3n) is 6.16. The van der Waals surface area contributed by atoms with Crippen molar-refractivity contribution < 1.29 is 9.21 Å². The van der Waals surface area contributed by atoms with Crippen molar-refractivity contribution in [1.82, 2.24) is 24.8 Å². The molecule has 2 aliphatic rings. The first kappa shape index (κ1) is 18.1. The Bertz CT molecular complexity index is 928. The summed E-state index contributed by atoms with van der Waals surface area (Å²) < 4.78 is 5.87. The Kier molecular flexibility index (Phi) is 4.91. The Balaban J connectivity index is 1.17. The molecule has 0 bridgehead atoms. The van der Waals surface area contributed by atoms with Crippen LogP contribution in [0.25, 0.3) is 11.2 Å². The summed E-state index contributed by atoms with van der Waals surface area (Å²) in [6, 6.07) is 4.36. The molecular formula is C21H26N6O2. The molecule has 1 amide bonds. The second-order valence-electron chi connectivity index (χ2n) is 8.11. The highest BCUT2D eigenvalue weighted by molar-refractivity contribution is 5.76. The van der Waals surface area contributed by atoms with Crippen molar-refractivity contribution >= 4 is 23.2 Å². The number of anilines is 1. The van der Waals surface area contributed by atoms with Crippen LogP contribution in [0.15, 0.2) is 35.1 Å². The summed E-state index contributed by atoms with van der Waals surface area (Å²) >= 11 is 0. The van der Waals surface area contributed by atoms with Gasteiger partial charge in [0.05, 0.1) is 0 Å². The fourth-order valence-electron chi connectivity index (χ4n) is 4.58. The lowest BCUT2D eigenvalue weighted by molar-refractivity contribution is -0.133. The number of H-pyrrole nitrogens is 1. The van der Waals surface area contributed by atoms with Crippen molar-refractivity contribution in [1.29, 1.82) is 0 Å². The van der Waals surface area contributed by atoms with Gasteiger partial charge >= 0.3 is 0 Å². The van der Waals surface area contributed by atoms with Crippen LogP contribution in [0.1, 0.15) is 43.8 Å². The van der Waals surface area contributed by atoms with Crippen LogP contribution in [0.5, 0.6) is 0 Å². The van der Waals surface area contributed by atoms with Gasteiger partial charge in [0.25, 0.3) is 6.01 Å². The molecule has 29 heavy (non-hydrogen) atoms. The molecule has 0 aromatic carbocycles. The third kappa shape index (κ3) is 3.83. The number of rotatable bonds is 4. The summed E-state index contributed by atoms with van der Waals surface area (Å²) in [7, 11) is 0. The molecule has 0 spiro atoms. The van der Waals surface area contributed by atoms with Crippen molar-refractivity contribution in [2.24, 2.45) is 5.92 Å². The zero-order valence-corrected chi connectivity index (χ0v) is 16.5. The molecule has 1 unspecified atom stereocenters. The van der Waals surface area contributed by atoms with E-state index in [1.54, 1.807) is 12.4 Å². The number of hydrogen-bond donors (Lipinski definition) is 1. The molecule has 1 atom stereocenters. The fraction of sp³-hybridized carbons (Fsp3) is 0.524. The molecular weight excluding hydrogens is 368 g/mol. The van der Waals surface area contributed by atoms with E-state index in [0.29, 0.717) is 35.5 Å². The summed E-state index contributed by atoms with van der Waals surface area (Å²) in [5.41, 5.74) is 1.35. The Morgan fingerprint density at radius 3 is 2.86 bits per heavy atom. The molecule has 2 aliphatic heterocycles. The molecule has 0 radical (unpaired) electrons. The van der Waals surface area contributed by atoms with Crippen molar-refractivity contribution in [3.05, 3.63) is 36.5 Å². The van der Waals surface area contributed by atoms with Crippen molar-refractivity contribution in [3.8, 4) is 0 Å². The van der Waals surface area contributed by atoms with E-state index in [2.05, 4.69) is 24.8 Å². The molecule has 8 nitrogen and oxygen atoms in total. The average molecular weight is 394 g/mol. The smallest absolute Gasteiger partial charge is 0.299 e. The number of amides is 1. The first-order valence-electron chi connectivity index (χ1n) is 10.5. The normalized spacial score (nSPS) is 21.0. The first-order valence-corrected chi connectivity index (χ1v) is 10.5. The zero-order chi connectivity index (χ0) is 19.6. The quantitative estimate of drug-likeness (QED) is 0.732. The lowest BCUT2D eigenvalue weighted by Gasteiger charge is -2.35. The van der Waals surface area contributed by atoms with Crippen LogP contribution in [0.3, 0.4) is 0 Å². The Morgan fingerprint density at radius 2 is 2.07 bits per heavy atom. The minimum Gasteiger partial charge on any atom is -0.422 e. The lowest BCUT2D eigenvalue weighted by atomic mass is 9.92. The number of nitrogens with one attached hydrogen (secondary N) is 1. The number of likely N-dealkylation sites (tertiary alicyclic amines) is 1. The van der Waals surface area contributed by atoms with Gasteiger partial charge < -0.3 is 19.2 Å². The molecule has 2 fully saturated rings. The van der Waals surface area contributed by atoms with E-state index in [0.717, 1.165) is 57.7 Å². The Hall–Kier alpha value is -2.90. The SMILES string of the molecule is O=C(CC1CCCN(c2nc3ncccc3o2)C1)N1CCC(c2ncc[nH]2)CC1. The Labute approximate surface area is 169 Å². The molecule has 3 aromatic heterocycles. The lowest BCUT2D eigenvalue weighted by Crippen LogP contribution is -2.42. The number of aromatic nitrogens is 4. The highest BCUT2D eigenvalue weighted by Crippen LogP contribution is 2.29. The maximum Gasteiger partial charge on any atom is 0.299 e. The summed E-state index contributed by atoms with van der Waals surface area (Å²) in [5.74, 6) is 2.09. The summed E-state index contributed by atoms with van der Waals surface area (Å²) in [6.07, 6.45) is 10.1. The van der Waals surface area contributed by atoms with Crippen LogP contribution >= 0.6 is 0 Å². The minimum atomic E-state index is 0.272. The van der Waals surface area contributed by atoms with Gasteiger partial charge in [0.1, 0.15) is 5.82 Å². The highest BCUT2D eigenvalue weighted by Gasteiger charge is 2.29. The predicted octanol–water partition coefficient (Wildman–Crippen LogP) is 2.96. The first-order chi connectivity index (χ1) is 14.3. The third-order valence-corrected chi connectivity index (χ3v) is 6.16. The van der Waals surface area contributed by atoms with E-state index < -0.39 is 0 Å². The molecule has 2 saturated heterocycles. The van der Waals surface area contributed by atoms with Gasteiger partial charge in [0.2, 0.25) is 11.6 Å². The topological polar surface area (TPSA) is 91.2 Å². The van der Waals surface area contributed by atoms with Crippen molar-refractivity contribution in [2.75, 3.05) is 31.1 Å². The van der Waals surface area contributed by atoms with Crippen LogP contribution in [0, 0.1) is 5.92 Å². The molecule has 0 aliphatic carbocycles. The fourth-order valence-corrected chi connectivity index (χ4v) is 4.58. The minimum absolute atomic E-state index is 0.272. The molecule has 152 valence electrons. The van der Waals surface area contributed by atoms with Gasteiger partial charge in [-0.3, -0.25) is 4.79 Å². The van der Waals surface area contributed by atoms with Crippen LogP contribution in [-0.2, 0) is 4.79 Å². The summed E-state index contributed by atoms with van der Waals surface area (Å²) in [4.78, 5) is 33.4. The predicted molar refractivity (Wildman–Crippen MR) is 109 cm³/mol. The zero-order valence-electron chi connectivity index (χ0n) is 16.5. The average Bonchev–Trinajstić information content (AvgIpc) is 3.44. The maximum absolute atomic E-state index is 12.9. The maximum atomic E-state index is 12.9. The number of piperidine rings is 2. The van der Waals surface area contributed by atoms with Gasteiger partial charge in [-0.15, -0.1) is 0 Å². The number of imidazole rings is 1. The van der Waals surface area contributed by atoms with Gasteiger partial charge in [-0.2, -0.15) is 4.98 Å². The number of carbonyl (C=O) groups excluding carboxylic acids is 1. The van der Waals surface area contributed by atoms with Crippen LogP contribution in [0.2, 0.25) is 0 Å². The Morgan fingerprint density at radius 1 is 1.17 bits per heavy atom. The van der Waals surface area contributed by atoms with E-state index in [9.17, 15) is 4.79 Å². The van der Waals surface area contributed by atoms with E-state index >= 15 is 0 Å². The number of carbonyl (C=O) groups is 1. The van der Waals surface area contributed by atoms with Gasteiger partial charge in [-0.25, -0.2) is 9.97 Å². The number of oxazole rings is 1. The molecule has 5 rings (SSSR count). The van der Waals surface area contributed by atoms with Gasteiger partial charge in [-0.1, -0.05) is 0 Å². The standard InChI is InChI=1S/C21H26N6O2/c28-18(26-11-5-16(6-12-26)19-23-8-9-24-19)13-15-3-2-10-27(14-15)21-25-20-17(29-21)4-1-7-22-20/h1,4,7-9,15-16H,2-3,5-6,10-14H2,(H,23,24). The van der Waals surface area contributed by atoms with E-state index in [1.165, 1.54) is 0 Å². The van der Waals surface area contributed by atoms with Crippen molar-refractivity contribution in [2.45, 2.75) is 38.0 Å². The van der Waals surface area contributed by atoms with Crippen LogP contribution in [0.4, 0.5) is 6.01 Å². The van der Waals surface area contributed by atoms with Crippen LogP contribution < -0.4 is 4.90 Å². The largest absolute Gasteiger partial charge is 0.422 e. The molecule has 0 saturated carbocycles. The molecule has 5 heterocycles. The number of aromatic amines is 1. The number of pyridine rings is 1. The van der Waals surface area contributed by atoms with Crippen LogP contribution in [-0.4, -0.2) is 56.9 Å². The van der Waals surface area contributed by atoms with E-state index in [4.69, 9.17) is 4.42 Å². The second kappa shape index (κ2) is 7.85. The van der Waals surface area contributed by atoms with Gasteiger partial charge in [0, 0.05) is 57.1 Å². The monoisotopic (exact) mass is 394 g/mol. The van der Waals surface area contributed by atoms with E-state index in [-0.39, 0.29) is 5.91 Å². The summed E-state index contributed by atoms with van der Waals surface area (Å²) in [5, 5.41) is 0. The number of hydrogen-bond acceptors (Lipinski definition) is 6. The highest BCUT2D eigenvalue weighted by atomic mass is 16.4. The van der Waals surface area contributed by atoms with E-state index in [1.807, 2.05) is 23.2 Å². The van der Waals surface area contributed by atoms with Gasteiger partial charge in [-0.05, 0) is 43.7 Å². The second-order valence-corrected chi connectivity index (χ2v) is 8.11. The number of nitrogens with zero attached hydrogens (tertiary/aromatic N) is 5. The van der Waals surface area contributed by atoms with Crippen molar-refractivity contribution in [3.63, 3.8) is 0 Å². The molecule has 3 aromatic rings. The number of fused-ring (bicyclic) bond motifs is 1.